The van der Waals surface area contributed by atoms with Gasteiger partial charge in [-0.25, -0.2) is 0 Å². The average molecular weight is 288 g/mol. The van der Waals surface area contributed by atoms with Crippen LogP contribution in [0, 0.1) is 0 Å². The molecule has 0 heterocycles. The second-order valence-corrected chi connectivity index (χ2v) is 3.90. The minimum atomic E-state index is -3.12. The van der Waals surface area contributed by atoms with Gasteiger partial charge in [0.05, 0.1) is 0 Å². The van der Waals surface area contributed by atoms with E-state index in [1.54, 1.807) is 0 Å². The van der Waals surface area contributed by atoms with Crippen LogP contribution >= 0.6 is 0 Å². The molecule has 0 N–H and O–H groups in total. The van der Waals surface area contributed by atoms with Gasteiger partial charge in [-0.3, -0.25) is 0 Å². The van der Waals surface area contributed by atoms with E-state index in [1.807, 2.05) is 0 Å². The third-order valence-electron chi connectivity index (χ3n) is 3.11. The molecule has 12 heteroatoms. The van der Waals surface area contributed by atoms with Crippen LogP contribution in [0.1, 0.15) is 25.7 Å². The van der Waals surface area contributed by atoms with Crippen LogP contribution in [0.3, 0.4) is 0 Å². The molecule has 0 spiro atoms. The summed E-state index contributed by atoms with van der Waals surface area (Å²) >= 11 is 0. The highest BCUT2D eigenvalue weighted by molar-refractivity contribution is 4.93. The van der Waals surface area contributed by atoms with Crippen molar-refractivity contribution in [2.45, 2.75) is 37.0 Å². The Morgan fingerprint density at radius 1 is 0.444 bits per heavy atom. The largest absolute Gasteiger partial charge is 0.196 e. The molecule has 1 aliphatic rings. The van der Waals surface area contributed by atoms with Gasteiger partial charge in [0.25, 0.3) is 0 Å². The number of nitrogens with zero attached hydrogens (tertiary/aromatic N) is 4. The van der Waals surface area contributed by atoms with Gasteiger partial charge in [-0.2, -0.15) is 0 Å². The molecule has 0 aliphatic heterocycles. The SMILES string of the molecule is FN(F)C1(N(F)F)CCC(N(F)F)(N(F)F)CC1. The highest BCUT2D eigenvalue weighted by Gasteiger charge is 2.59. The molecule has 0 aromatic carbocycles. The normalized spacial score (nSPS) is 23.3. The number of halogens is 8. The summed E-state index contributed by atoms with van der Waals surface area (Å²) in [6.45, 7) is 0. The molecule has 1 rings (SSSR count). The van der Waals surface area contributed by atoms with Gasteiger partial charge in [0.1, 0.15) is 0 Å². The minimum Gasteiger partial charge on any atom is -0.0993 e. The molecule has 0 saturated heterocycles. The molecule has 4 nitrogen and oxygen atoms in total. The Morgan fingerprint density at radius 2 is 0.611 bits per heavy atom. The standard InChI is InChI=1S/C6H8F8N4/c7-15(8)5(16(9)10)1-2-6(4-3-5,17(11)12)18(13)14/h1-4H2. The van der Waals surface area contributed by atoms with Crippen molar-refractivity contribution in [3.63, 3.8) is 0 Å². The molecule has 0 unspecified atom stereocenters. The fraction of sp³-hybridized carbons (Fsp3) is 1.00. The van der Waals surface area contributed by atoms with Crippen LogP contribution in [0.5, 0.6) is 0 Å². The second-order valence-electron chi connectivity index (χ2n) is 3.90. The topological polar surface area (TPSA) is 13.0 Å². The van der Waals surface area contributed by atoms with Crippen molar-refractivity contribution in [1.29, 1.82) is 0 Å². The van der Waals surface area contributed by atoms with Crippen molar-refractivity contribution >= 4 is 0 Å². The third-order valence-corrected chi connectivity index (χ3v) is 3.11. The van der Waals surface area contributed by atoms with Crippen molar-refractivity contribution in [3.05, 3.63) is 0 Å². The molecule has 108 valence electrons. The Hall–Kier alpha value is -0.720. The zero-order valence-electron chi connectivity index (χ0n) is 8.64. The number of hydrogen-bond acceptors (Lipinski definition) is 4. The lowest BCUT2D eigenvalue weighted by molar-refractivity contribution is -0.418. The highest BCUT2D eigenvalue weighted by atomic mass is 19.4. The van der Waals surface area contributed by atoms with Gasteiger partial charge in [0.2, 0.25) is 0 Å². The summed E-state index contributed by atoms with van der Waals surface area (Å²) in [4.78, 5) is 0. The molecule has 0 bridgehead atoms. The Balaban J connectivity index is 2.91. The molecule has 0 atom stereocenters. The summed E-state index contributed by atoms with van der Waals surface area (Å²) in [7, 11) is 0. The van der Waals surface area contributed by atoms with Gasteiger partial charge in [0, 0.05) is 21.4 Å². The van der Waals surface area contributed by atoms with E-state index in [0.29, 0.717) is 0 Å². The van der Waals surface area contributed by atoms with Gasteiger partial charge in [0.15, 0.2) is 11.3 Å². The lowest BCUT2D eigenvalue weighted by Crippen LogP contribution is -2.59. The summed E-state index contributed by atoms with van der Waals surface area (Å²) in [6, 6.07) is 0. The number of rotatable bonds is 4. The molecule has 0 amide bonds. The van der Waals surface area contributed by atoms with Crippen molar-refractivity contribution < 1.29 is 35.9 Å². The molecule has 0 aromatic heterocycles. The van der Waals surface area contributed by atoms with E-state index >= 15 is 0 Å². The quantitative estimate of drug-likeness (QED) is 0.447. The van der Waals surface area contributed by atoms with Crippen LogP contribution in [0.4, 0.5) is 35.9 Å². The maximum atomic E-state index is 12.4. The van der Waals surface area contributed by atoms with Gasteiger partial charge in [-0.15, -0.1) is 0 Å². The molecule has 1 fully saturated rings. The molecule has 1 aliphatic carbocycles. The predicted molar refractivity (Wildman–Crippen MR) is 40.2 cm³/mol. The lowest BCUT2D eigenvalue weighted by Gasteiger charge is -2.43. The zero-order valence-corrected chi connectivity index (χ0v) is 8.64. The first-order valence-electron chi connectivity index (χ1n) is 4.66. The molecular weight excluding hydrogens is 280 g/mol. The van der Waals surface area contributed by atoms with Crippen LogP contribution < -0.4 is 0 Å². The van der Waals surface area contributed by atoms with Crippen LogP contribution in [0.2, 0.25) is 0 Å². The van der Waals surface area contributed by atoms with Gasteiger partial charge >= 0.3 is 0 Å². The van der Waals surface area contributed by atoms with E-state index in [9.17, 15) is 35.9 Å². The minimum absolute atomic E-state index is 1.25. The Bertz CT molecular complexity index is 229. The number of hydrogen-bond donors (Lipinski definition) is 0. The second kappa shape index (κ2) is 5.11. The molecule has 0 radical (unpaired) electrons. The van der Waals surface area contributed by atoms with Crippen molar-refractivity contribution in [2.24, 2.45) is 0 Å². The third kappa shape index (κ3) is 2.24. The predicted octanol–water partition coefficient (Wildman–Crippen LogP) is 3.24. The average Bonchev–Trinajstić information content (AvgIpc) is 2.27. The summed E-state index contributed by atoms with van der Waals surface area (Å²) in [5.74, 6) is 0. The Labute approximate surface area is 95.4 Å². The van der Waals surface area contributed by atoms with Crippen molar-refractivity contribution in [1.82, 2.24) is 21.4 Å². The van der Waals surface area contributed by atoms with E-state index in [4.69, 9.17) is 0 Å². The van der Waals surface area contributed by atoms with E-state index in [1.165, 1.54) is 0 Å². The first kappa shape index (κ1) is 15.3. The smallest absolute Gasteiger partial charge is 0.0993 e. The molecule has 1 saturated carbocycles. The summed E-state index contributed by atoms with van der Waals surface area (Å²) < 4.78 is 99.1. The molecule has 18 heavy (non-hydrogen) atoms. The van der Waals surface area contributed by atoms with Crippen molar-refractivity contribution in [2.75, 3.05) is 0 Å². The van der Waals surface area contributed by atoms with Gasteiger partial charge in [-0.1, -0.05) is 35.9 Å². The molecule has 0 aromatic rings. The monoisotopic (exact) mass is 288 g/mol. The van der Waals surface area contributed by atoms with E-state index in [2.05, 4.69) is 0 Å². The van der Waals surface area contributed by atoms with Gasteiger partial charge in [-0.05, 0) is 25.7 Å². The maximum absolute atomic E-state index is 12.4. The first-order valence-corrected chi connectivity index (χ1v) is 4.66. The lowest BCUT2D eigenvalue weighted by atomic mass is 9.82. The summed E-state index contributed by atoms with van der Waals surface area (Å²) in [5, 5.41) is -7.39. The Kier molecular flexibility index (Phi) is 4.35. The van der Waals surface area contributed by atoms with E-state index < -0.39 is 58.4 Å². The first-order chi connectivity index (χ1) is 8.19. The summed E-state index contributed by atoms with van der Waals surface area (Å²) in [5.41, 5.74) is -6.23. The van der Waals surface area contributed by atoms with Crippen molar-refractivity contribution in [3.8, 4) is 0 Å². The fourth-order valence-electron chi connectivity index (χ4n) is 1.84. The maximum Gasteiger partial charge on any atom is 0.196 e. The zero-order chi connectivity index (χ0) is 14.1. The highest BCUT2D eigenvalue weighted by Crippen LogP contribution is 2.46. The van der Waals surface area contributed by atoms with Crippen LogP contribution in [0.15, 0.2) is 0 Å². The summed E-state index contributed by atoms with van der Waals surface area (Å²) in [6.07, 6.45) is -4.99. The fourth-order valence-corrected chi connectivity index (χ4v) is 1.84. The van der Waals surface area contributed by atoms with Crippen LogP contribution in [-0.2, 0) is 0 Å². The van der Waals surface area contributed by atoms with E-state index in [0.717, 1.165) is 0 Å². The van der Waals surface area contributed by atoms with Crippen LogP contribution in [-0.4, -0.2) is 32.7 Å². The Morgan fingerprint density at radius 3 is 0.722 bits per heavy atom. The van der Waals surface area contributed by atoms with Gasteiger partial charge < -0.3 is 0 Å². The van der Waals surface area contributed by atoms with Crippen LogP contribution in [0.25, 0.3) is 0 Å². The molecular formula is C6H8F8N4. The van der Waals surface area contributed by atoms with E-state index in [-0.39, 0.29) is 0 Å².